The molecule has 1 heteroatoms. The van der Waals surface area contributed by atoms with Gasteiger partial charge in [-0.1, -0.05) is 31.5 Å². The first-order valence-electron chi connectivity index (χ1n) is 3.91. The highest BCUT2D eigenvalue weighted by Gasteiger charge is 2.01. The van der Waals surface area contributed by atoms with Gasteiger partial charge in [0, 0.05) is 0 Å². The van der Waals surface area contributed by atoms with Gasteiger partial charge in [0.1, 0.15) is 0 Å². The Hall–Kier alpha value is 0.0900. The fourth-order valence-electron chi connectivity index (χ4n) is 1.30. The van der Waals surface area contributed by atoms with Crippen LogP contribution in [0.2, 0.25) is 0 Å². The Labute approximate surface area is 62.6 Å². The summed E-state index contributed by atoms with van der Waals surface area (Å²) in [7, 11) is 0. The van der Waals surface area contributed by atoms with Crippen molar-refractivity contribution in [1.29, 1.82) is 0 Å². The van der Waals surface area contributed by atoms with Crippen molar-refractivity contribution in [3.05, 3.63) is 0 Å². The SMILES string of the molecule is S=C1CCCCCCC1. The van der Waals surface area contributed by atoms with Crippen molar-refractivity contribution in [2.24, 2.45) is 0 Å². The number of hydrogen-bond acceptors (Lipinski definition) is 1. The molecule has 0 amide bonds. The lowest BCUT2D eigenvalue weighted by atomic mass is 10.0. The van der Waals surface area contributed by atoms with Crippen LogP contribution in [-0.2, 0) is 0 Å². The topological polar surface area (TPSA) is 0 Å². The summed E-state index contributed by atoms with van der Waals surface area (Å²) >= 11 is 5.15. The van der Waals surface area contributed by atoms with E-state index in [2.05, 4.69) is 0 Å². The van der Waals surface area contributed by atoms with E-state index >= 15 is 0 Å². The van der Waals surface area contributed by atoms with E-state index in [1.54, 1.807) is 0 Å². The molecule has 0 spiro atoms. The average molecular weight is 142 g/mol. The van der Waals surface area contributed by atoms with Gasteiger partial charge in [-0.3, -0.25) is 0 Å². The first-order chi connectivity index (χ1) is 4.39. The van der Waals surface area contributed by atoms with Crippen molar-refractivity contribution >= 4 is 17.1 Å². The molecular weight excluding hydrogens is 128 g/mol. The summed E-state index contributed by atoms with van der Waals surface area (Å²) in [6.45, 7) is 0. The maximum absolute atomic E-state index is 5.15. The zero-order valence-corrected chi connectivity index (χ0v) is 6.67. The van der Waals surface area contributed by atoms with Gasteiger partial charge in [0.25, 0.3) is 0 Å². The number of rotatable bonds is 0. The normalized spacial score (nSPS) is 22.9. The molecule has 1 rings (SSSR count). The summed E-state index contributed by atoms with van der Waals surface area (Å²) in [5.74, 6) is 0. The van der Waals surface area contributed by atoms with Crippen LogP contribution in [0.5, 0.6) is 0 Å². The zero-order chi connectivity index (χ0) is 6.53. The number of hydrogen-bond donors (Lipinski definition) is 0. The van der Waals surface area contributed by atoms with Crippen molar-refractivity contribution < 1.29 is 0 Å². The van der Waals surface area contributed by atoms with Crippen molar-refractivity contribution in [1.82, 2.24) is 0 Å². The first-order valence-corrected chi connectivity index (χ1v) is 4.32. The van der Waals surface area contributed by atoms with Crippen LogP contribution in [0.1, 0.15) is 44.9 Å². The van der Waals surface area contributed by atoms with Crippen molar-refractivity contribution in [3.8, 4) is 0 Å². The second-order valence-electron chi connectivity index (χ2n) is 2.81. The lowest BCUT2D eigenvalue weighted by molar-refractivity contribution is 0.611. The van der Waals surface area contributed by atoms with E-state index < -0.39 is 0 Å². The summed E-state index contributed by atoms with van der Waals surface area (Å²) in [5.41, 5.74) is 0. The van der Waals surface area contributed by atoms with Crippen LogP contribution in [0.3, 0.4) is 0 Å². The summed E-state index contributed by atoms with van der Waals surface area (Å²) in [4.78, 5) is 1.31. The van der Waals surface area contributed by atoms with Crippen LogP contribution in [0.25, 0.3) is 0 Å². The predicted octanol–water partition coefficient (Wildman–Crippen LogP) is 3.10. The van der Waals surface area contributed by atoms with Crippen molar-refractivity contribution in [3.63, 3.8) is 0 Å². The lowest BCUT2D eigenvalue weighted by Crippen LogP contribution is -1.97. The molecule has 0 N–H and O–H groups in total. The monoisotopic (exact) mass is 142 g/mol. The molecule has 0 saturated heterocycles. The summed E-state index contributed by atoms with van der Waals surface area (Å²) in [5, 5.41) is 0. The van der Waals surface area contributed by atoms with Gasteiger partial charge in [-0.15, -0.1) is 0 Å². The molecule has 0 radical (unpaired) electrons. The average Bonchev–Trinajstić information content (AvgIpc) is 1.79. The maximum atomic E-state index is 5.15. The van der Waals surface area contributed by atoms with Crippen LogP contribution in [0, 0.1) is 0 Å². The molecule has 0 aromatic rings. The maximum Gasteiger partial charge on any atom is -0.00715 e. The molecule has 0 aromatic carbocycles. The third-order valence-corrected chi connectivity index (χ3v) is 2.32. The van der Waals surface area contributed by atoms with Crippen molar-refractivity contribution in [2.75, 3.05) is 0 Å². The molecule has 0 aliphatic heterocycles. The molecule has 0 bridgehead atoms. The molecular formula is C8H14S. The molecule has 0 aromatic heterocycles. The van der Waals surface area contributed by atoms with Gasteiger partial charge < -0.3 is 0 Å². The second kappa shape index (κ2) is 3.99. The fraction of sp³-hybridized carbons (Fsp3) is 0.875. The highest BCUT2D eigenvalue weighted by Crippen LogP contribution is 2.14. The zero-order valence-electron chi connectivity index (χ0n) is 5.86. The highest BCUT2D eigenvalue weighted by molar-refractivity contribution is 7.80. The van der Waals surface area contributed by atoms with Gasteiger partial charge in [0.15, 0.2) is 0 Å². The van der Waals surface area contributed by atoms with Gasteiger partial charge in [0.2, 0.25) is 0 Å². The van der Waals surface area contributed by atoms with E-state index in [4.69, 9.17) is 12.2 Å². The molecule has 1 aliphatic carbocycles. The quantitative estimate of drug-likeness (QED) is 0.468. The van der Waals surface area contributed by atoms with Crippen LogP contribution >= 0.6 is 12.2 Å². The summed E-state index contributed by atoms with van der Waals surface area (Å²) < 4.78 is 0. The van der Waals surface area contributed by atoms with E-state index in [-0.39, 0.29) is 0 Å². The third-order valence-electron chi connectivity index (χ3n) is 1.91. The molecule has 0 nitrogen and oxygen atoms in total. The third kappa shape index (κ3) is 2.95. The van der Waals surface area contributed by atoms with Crippen LogP contribution < -0.4 is 0 Å². The van der Waals surface area contributed by atoms with Crippen LogP contribution in [0.15, 0.2) is 0 Å². The predicted molar refractivity (Wildman–Crippen MR) is 44.9 cm³/mol. The fourth-order valence-corrected chi connectivity index (χ4v) is 1.59. The Morgan fingerprint density at radius 3 is 1.78 bits per heavy atom. The van der Waals surface area contributed by atoms with Gasteiger partial charge in [-0.2, -0.15) is 0 Å². The molecule has 0 atom stereocenters. The molecule has 0 heterocycles. The molecule has 52 valence electrons. The Balaban J connectivity index is 2.20. The number of thiocarbonyl (C=S) groups is 1. The molecule has 1 fully saturated rings. The van der Waals surface area contributed by atoms with E-state index in [0.717, 1.165) is 0 Å². The molecule has 0 unspecified atom stereocenters. The van der Waals surface area contributed by atoms with Crippen LogP contribution in [-0.4, -0.2) is 4.86 Å². The van der Waals surface area contributed by atoms with E-state index in [1.807, 2.05) is 0 Å². The van der Waals surface area contributed by atoms with Gasteiger partial charge in [-0.05, 0) is 30.5 Å². The lowest BCUT2D eigenvalue weighted by Gasteiger charge is -2.07. The van der Waals surface area contributed by atoms with Crippen molar-refractivity contribution in [2.45, 2.75) is 44.9 Å². The van der Waals surface area contributed by atoms with Gasteiger partial charge in [0.05, 0.1) is 0 Å². The van der Waals surface area contributed by atoms with Crippen LogP contribution in [0.4, 0.5) is 0 Å². The Morgan fingerprint density at radius 1 is 0.778 bits per heavy atom. The Morgan fingerprint density at radius 2 is 1.22 bits per heavy atom. The second-order valence-corrected chi connectivity index (χ2v) is 3.38. The smallest absolute Gasteiger partial charge is 0.00715 e. The summed E-state index contributed by atoms with van der Waals surface area (Å²) in [6, 6.07) is 0. The van der Waals surface area contributed by atoms with E-state index in [1.165, 1.54) is 49.8 Å². The van der Waals surface area contributed by atoms with Gasteiger partial charge in [-0.25, -0.2) is 0 Å². The minimum absolute atomic E-state index is 1.22. The molecule has 9 heavy (non-hydrogen) atoms. The van der Waals surface area contributed by atoms with E-state index in [0.29, 0.717) is 0 Å². The largest absolute Gasteiger partial charge is 0.0897 e. The highest BCUT2D eigenvalue weighted by atomic mass is 32.1. The Bertz CT molecular complexity index is 86.7. The Kier molecular flexibility index (Phi) is 3.20. The molecule has 1 aliphatic rings. The minimum Gasteiger partial charge on any atom is -0.0897 e. The molecule has 1 saturated carbocycles. The van der Waals surface area contributed by atoms with E-state index in [9.17, 15) is 0 Å². The first kappa shape index (κ1) is 7.20. The minimum atomic E-state index is 1.22. The van der Waals surface area contributed by atoms with Gasteiger partial charge >= 0.3 is 0 Å². The standard InChI is InChI=1S/C8H14S/c9-8-6-4-2-1-3-5-7-8/h1-7H2. The summed E-state index contributed by atoms with van der Waals surface area (Å²) in [6.07, 6.45) is 9.37.